The number of oxazole rings is 1. The number of aromatic nitrogens is 1. The van der Waals surface area contributed by atoms with E-state index in [4.69, 9.17) is 4.42 Å². The summed E-state index contributed by atoms with van der Waals surface area (Å²) in [5, 5.41) is 0. The predicted octanol–water partition coefficient (Wildman–Crippen LogP) is 2.49. The van der Waals surface area contributed by atoms with Crippen LogP contribution in [-0.2, 0) is 12.2 Å². The third kappa shape index (κ3) is 2.58. The topological polar surface area (TPSA) is 26.0 Å². The van der Waals surface area contributed by atoms with E-state index in [2.05, 4.69) is 18.8 Å². The maximum absolute atomic E-state index is 5.40. The van der Waals surface area contributed by atoms with Crippen LogP contribution in [0.5, 0.6) is 0 Å². The average Bonchev–Trinajstić information content (AvgIpc) is 2.48. The van der Waals surface area contributed by atoms with Crippen LogP contribution >= 0.6 is 11.8 Å². The summed E-state index contributed by atoms with van der Waals surface area (Å²) in [4.78, 5) is 4.14. The molecular weight excluding hydrogens is 158 g/mol. The number of rotatable bonds is 4. The number of hydrogen-bond donors (Lipinski definition) is 0. The molecule has 0 saturated heterocycles. The maximum atomic E-state index is 5.40. The molecule has 0 fully saturated rings. The van der Waals surface area contributed by atoms with Gasteiger partial charge in [-0.3, -0.25) is 0 Å². The molecule has 0 unspecified atom stereocenters. The third-order valence-corrected chi connectivity index (χ3v) is 2.24. The first-order chi connectivity index (χ1) is 5.36. The van der Waals surface area contributed by atoms with Crippen molar-refractivity contribution in [3.05, 3.63) is 17.8 Å². The van der Waals surface area contributed by atoms with Crippen LogP contribution in [0, 0.1) is 0 Å². The molecule has 1 heterocycles. The largest absolute Gasteiger partial charge is 0.445 e. The number of thioether (sulfide) groups is 1. The van der Waals surface area contributed by atoms with Gasteiger partial charge in [-0.15, -0.1) is 0 Å². The zero-order valence-electron chi connectivity index (χ0n) is 6.96. The first kappa shape index (κ1) is 8.65. The Morgan fingerprint density at radius 1 is 1.55 bits per heavy atom. The van der Waals surface area contributed by atoms with Gasteiger partial charge in [0.1, 0.15) is 5.76 Å². The molecule has 2 nitrogen and oxygen atoms in total. The molecule has 11 heavy (non-hydrogen) atoms. The maximum Gasteiger partial charge on any atom is 0.204 e. The van der Waals surface area contributed by atoms with Gasteiger partial charge in [0.05, 0.1) is 11.9 Å². The van der Waals surface area contributed by atoms with Crippen LogP contribution in [0.4, 0.5) is 0 Å². The van der Waals surface area contributed by atoms with E-state index >= 15 is 0 Å². The number of nitrogens with zero attached hydrogens (tertiary/aromatic N) is 1. The van der Waals surface area contributed by atoms with Crippen molar-refractivity contribution in [2.24, 2.45) is 0 Å². The van der Waals surface area contributed by atoms with Gasteiger partial charge in [0.2, 0.25) is 5.89 Å². The van der Waals surface area contributed by atoms with E-state index in [1.165, 1.54) is 0 Å². The van der Waals surface area contributed by atoms with E-state index in [1.807, 2.05) is 18.0 Å². The second-order valence-corrected chi connectivity index (χ2v) is 3.49. The Hall–Kier alpha value is -0.440. The first-order valence-corrected chi connectivity index (χ1v) is 5.03. The van der Waals surface area contributed by atoms with Crippen molar-refractivity contribution < 1.29 is 4.42 Å². The lowest BCUT2D eigenvalue weighted by Gasteiger charge is -1.90. The highest BCUT2D eigenvalue weighted by Gasteiger charge is 2.00. The lowest BCUT2D eigenvalue weighted by molar-refractivity contribution is 0.476. The summed E-state index contributed by atoms with van der Waals surface area (Å²) in [7, 11) is 0. The van der Waals surface area contributed by atoms with Crippen LogP contribution < -0.4 is 0 Å². The monoisotopic (exact) mass is 171 g/mol. The van der Waals surface area contributed by atoms with E-state index in [0.717, 1.165) is 29.6 Å². The Kier molecular flexibility index (Phi) is 3.49. The van der Waals surface area contributed by atoms with Crippen molar-refractivity contribution in [3.8, 4) is 0 Å². The molecule has 62 valence electrons. The summed E-state index contributed by atoms with van der Waals surface area (Å²) >= 11 is 1.83. The highest BCUT2D eigenvalue weighted by molar-refractivity contribution is 7.98. The van der Waals surface area contributed by atoms with Gasteiger partial charge in [0, 0.05) is 6.42 Å². The van der Waals surface area contributed by atoms with Crippen LogP contribution in [0.1, 0.15) is 25.5 Å². The summed E-state index contributed by atoms with van der Waals surface area (Å²) in [6.45, 7) is 4.20. The van der Waals surface area contributed by atoms with E-state index in [1.54, 1.807) is 0 Å². The molecule has 0 saturated carbocycles. The Bertz CT molecular complexity index is 210. The third-order valence-electron chi connectivity index (χ3n) is 1.38. The molecule has 1 rings (SSSR count). The van der Waals surface area contributed by atoms with E-state index in [-0.39, 0.29) is 0 Å². The lowest BCUT2D eigenvalue weighted by atomic mass is 10.4. The van der Waals surface area contributed by atoms with Gasteiger partial charge in [-0.05, 0) is 5.75 Å². The smallest absolute Gasteiger partial charge is 0.204 e. The summed E-state index contributed by atoms with van der Waals surface area (Å²) in [6.07, 6.45) is 2.75. The van der Waals surface area contributed by atoms with Crippen molar-refractivity contribution in [1.29, 1.82) is 0 Å². The Labute approximate surface area is 71.4 Å². The predicted molar refractivity (Wildman–Crippen MR) is 47.7 cm³/mol. The quantitative estimate of drug-likeness (QED) is 0.696. The minimum Gasteiger partial charge on any atom is -0.445 e. The molecule has 3 heteroatoms. The van der Waals surface area contributed by atoms with Gasteiger partial charge in [-0.2, -0.15) is 11.8 Å². The first-order valence-electron chi connectivity index (χ1n) is 3.88. The molecule has 0 bridgehead atoms. The molecule has 0 amide bonds. The van der Waals surface area contributed by atoms with Crippen molar-refractivity contribution in [2.75, 3.05) is 5.75 Å². The van der Waals surface area contributed by atoms with Gasteiger partial charge in [0.15, 0.2) is 0 Å². The van der Waals surface area contributed by atoms with Gasteiger partial charge in [-0.1, -0.05) is 13.8 Å². The molecule has 0 atom stereocenters. The van der Waals surface area contributed by atoms with E-state index < -0.39 is 0 Å². The zero-order chi connectivity index (χ0) is 8.10. The average molecular weight is 171 g/mol. The molecule has 0 spiro atoms. The fraction of sp³-hybridized carbons (Fsp3) is 0.625. The fourth-order valence-electron chi connectivity index (χ4n) is 0.768. The van der Waals surface area contributed by atoms with Crippen molar-refractivity contribution in [3.63, 3.8) is 0 Å². The molecule has 0 aromatic carbocycles. The normalized spacial score (nSPS) is 10.4. The standard InChI is InChI=1S/C8H13NOS/c1-3-7-5-9-8(10-7)6-11-4-2/h5H,3-4,6H2,1-2H3. The molecule has 1 aromatic rings. The van der Waals surface area contributed by atoms with Crippen LogP contribution in [0.2, 0.25) is 0 Å². The highest BCUT2D eigenvalue weighted by Crippen LogP contribution is 2.11. The minimum absolute atomic E-state index is 0.855. The van der Waals surface area contributed by atoms with Crippen LogP contribution in [0.3, 0.4) is 0 Å². The fourth-order valence-corrected chi connectivity index (χ4v) is 1.28. The van der Waals surface area contributed by atoms with Gasteiger partial charge in [-0.25, -0.2) is 4.98 Å². The zero-order valence-corrected chi connectivity index (χ0v) is 7.78. The SMILES string of the molecule is CCSCc1ncc(CC)o1. The Morgan fingerprint density at radius 3 is 2.91 bits per heavy atom. The lowest BCUT2D eigenvalue weighted by Crippen LogP contribution is -1.78. The van der Waals surface area contributed by atoms with Crippen LogP contribution in [-0.4, -0.2) is 10.7 Å². The number of aryl methyl sites for hydroxylation is 1. The summed E-state index contributed by atoms with van der Waals surface area (Å²) < 4.78 is 5.40. The minimum atomic E-state index is 0.855. The van der Waals surface area contributed by atoms with E-state index in [0.29, 0.717) is 0 Å². The van der Waals surface area contributed by atoms with Crippen LogP contribution in [0.15, 0.2) is 10.6 Å². The summed E-state index contributed by atoms with van der Waals surface area (Å²) in [5.74, 6) is 3.85. The molecule has 0 aliphatic rings. The number of hydrogen-bond acceptors (Lipinski definition) is 3. The van der Waals surface area contributed by atoms with Crippen molar-refractivity contribution >= 4 is 11.8 Å². The molecular formula is C8H13NOS. The molecule has 0 aliphatic heterocycles. The summed E-state index contributed by atoms with van der Waals surface area (Å²) in [5.41, 5.74) is 0. The van der Waals surface area contributed by atoms with Crippen molar-refractivity contribution in [1.82, 2.24) is 4.98 Å². The second kappa shape index (κ2) is 4.44. The van der Waals surface area contributed by atoms with Crippen molar-refractivity contribution in [2.45, 2.75) is 26.0 Å². The summed E-state index contributed by atoms with van der Waals surface area (Å²) in [6, 6.07) is 0. The molecule has 0 aliphatic carbocycles. The molecule has 1 aromatic heterocycles. The molecule has 0 N–H and O–H groups in total. The molecule has 0 radical (unpaired) electrons. The second-order valence-electron chi connectivity index (χ2n) is 2.21. The van der Waals surface area contributed by atoms with Gasteiger partial charge >= 0.3 is 0 Å². The van der Waals surface area contributed by atoms with Gasteiger partial charge < -0.3 is 4.42 Å². The highest BCUT2D eigenvalue weighted by atomic mass is 32.2. The van der Waals surface area contributed by atoms with Gasteiger partial charge in [0.25, 0.3) is 0 Å². The Morgan fingerprint density at radius 2 is 2.36 bits per heavy atom. The van der Waals surface area contributed by atoms with E-state index in [9.17, 15) is 0 Å². The Balaban J connectivity index is 2.44. The van der Waals surface area contributed by atoms with Crippen LogP contribution in [0.25, 0.3) is 0 Å².